The number of fused-ring (bicyclic) bond motifs is 1. The van der Waals surface area contributed by atoms with E-state index in [1.807, 2.05) is 0 Å². The SMILES string of the molecule is CCCCCCNS(=O)(=O)c1ccc2c(c1)CCCO2. The predicted molar refractivity (Wildman–Crippen MR) is 79.6 cm³/mol. The molecule has 1 aliphatic rings. The van der Waals surface area contributed by atoms with E-state index in [9.17, 15) is 8.42 Å². The lowest BCUT2D eigenvalue weighted by atomic mass is 10.1. The third-order valence-corrected chi connectivity index (χ3v) is 4.97. The maximum Gasteiger partial charge on any atom is 0.240 e. The number of ether oxygens (including phenoxy) is 1. The first-order valence-corrected chi connectivity index (χ1v) is 8.87. The van der Waals surface area contributed by atoms with E-state index in [0.29, 0.717) is 11.4 Å². The maximum absolute atomic E-state index is 12.2. The van der Waals surface area contributed by atoms with Gasteiger partial charge in [-0.2, -0.15) is 0 Å². The maximum atomic E-state index is 12.2. The van der Waals surface area contributed by atoms with Crippen LogP contribution >= 0.6 is 0 Å². The summed E-state index contributed by atoms with van der Waals surface area (Å²) in [6, 6.07) is 5.13. The van der Waals surface area contributed by atoms with Crippen LogP contribution in [0.25, 0.3) is 0 Å². The van der Waals surface area contributed by atoms with Crippen LogP contribution in [0.15, 0.2) is 23.1 Å². The van der Waals surface area contributed by atoms with Crippen LogP contribution in [0.2, 0.25) is 0 Å². The summed E-state index contributed by atoms with van der Waals surface area (Å²) < 4.78 is 32.6. The van der Waals surface area contributed by atoms with Gasteiger partial charge in [0.2, 0.25) is 10.0 Å². The number of hydrogen-bond acceptors (Lipinski definition) is 3. The van der Waals surface area contributed by atoms with E-state index >= 15 is 0 Å². The fourth-order valence-corrected chi connectivity index (χ4v) is 3.47. The van der Waals surface area contributed by atoms with Crippen LogP contribution in [0, 0.1) is 0 Å². The lowest BCUT2D eigenvalue weighted by molar-refractivity contribution is 0.288. The van der Waals surface area contributed by atoms with Crippen LogP contribution in [-0.2, 0) is 16.4 Å². The first-order valence-electron chi connectivity index (χ1n) is 7.39. The summed E-state index contributed by atoms with van der Waals surface area (Å²) in [6.07, 6.45) is 6.09. The number of hydrogen-bond donors (Lipinski definition) is 1. The second-order valence-electron chi connectivity index (χ2n) is 5.18. The number of sulfonamides is 1. The molecule has 1 aromatic rings. The molecule has 0 aliphatic carbocycles. The third kappa shape index (κ3) is 3.96. The summed E-state index contributed by atoms with van der Waals surface area (Å²) in [6.45, 7) is 3.37. The number of aryl methyl sites for hydroxylation is 1. The van der Waals surface area contributed by atoms with Crippen LogP contribution in [0.4, 0.5) is 0 Å². The van der Waals surface area contributed by atoms with Crippen molar-refractivity contribution >= 4 is 10.0 Å². The van der Waals surface area contributed by atoms with Gasteiger partial charge < -0.3 is 4.74 Å². The minimum absolute atomic E-state index is 0.345. The van der Waals surface area contributed by atoms with Crippen LogP contribution in [0.3, 0.4) is 0 Å². The van der Waals surface area contributed by atoms with Crippen molar-refractivity contribution in [2.45, 2.75) is 50.3 Å². The molecule has 0 atom stereocenters. The molecular formula is C15H23NO3S. The Morgan fingerprint density at radius 1 is 1.25 bits per heavy atom. The van der Waals surface area contributed by atoms with Crippen LogP contribution in [0.5, 0.6) is 5.75 Å². The van der Waals surface area contributed by atoms with E-state index in [1.165, 1.54) is 0 Å². The molecule has 0 unspecified atom stereocenters. The molecule has 0 aromatic heterocycles. The van der Waals surface area contributed by atoms with Gasteiger partial charge in [-0.15, -0.1) is 0 Å². The average molecular weight is 297 g/mol. The van der Waals surface area contributed by atoms with Crippen molar-refractivity contribution < 1.29 is 13.2 Å². The smallest absolute Gasteiger partial charge is 0.240 e. The number of benzene rings is 1. The van der Waals surface area contributed by atoms with E-state index in [0.717, 1.165) is 56.4 Å². The van der Waals surface area contributed by atoms with Crippen LogP contribution < -0.4 is 9.46 Å². The van der Waals surface area contributed by atoms with E-state index in [-0.39, 0.29) is 0 Å². The zero-order chi connectivity index (χ0) is 14.4. The Balaban J connectivity index is 1.98. The molecule has 4 nitrogen and oxygen atoms in total. The highest BCUT2D eigenvalue weighted by Crippen LogP contribution is 2.27. The van der Waals surface area contributed by atoms with E-state index in [2.05, 4.69) is 11.6 Å². The van der Waals surface area contributed by atoms with Crippen molar-refractivity contribution in [1.82, 2.24) is 4.72 Å². The molecule has 0 fully saturated rings. The molecule has 0 spiro atoms. The van der Waals surface area contributed by atoms with Gasteiger partial charge in [-0.3, -0.25) is 0 Å². The zero-order valence-electron chi connectivity index (χ0n) is 12.0. The highest BCUT2D eigenvalue weighted by atomic mass is 32.2. The Bertz CT molecular complexity index is 540. The predicted octanol–water partition coefficient (Wildman–Crippen LogP) is 2.87. The fourth-order valence-electron chi connectivity index (χ4n) is 2.35. The van der Waals surface area contributed by atoms with Crippen molar-refractivity contribution in [2.24, 2.45) is 0 Å². The fraction of sp³-hybridized carbons (Fsp3) is 0.600. The van der Waals surface area contributed by atoms with E-state index < -0.39 is 10.0 Å². The Hall–Kier alpha value is -1.07. The summed E-state index contributed by atoms with van der Waals surface area (Å²) in [7, 11) is -3.39. The average Bonchev–Trinajstić information content (AvgIpc) is 2.46. The summed E-state index contributed by atoms with van der Waals surface area (Å²) in [5.74, 6) is 0.818. The van der Waals surface area contributed by atoms with Crippen molar-refractivity contribution in [3.63, 3.8) is 0 Å². The molecule has 1 aliphatic heterocycles. The van der Waals surface area contributed by atoms with Gasteiger partial charge in [-0.25, -0.2) is 13.1 Å². The highest BCUT2D eigenvalue weighted by molar-refractivity contribution is 7.89. The Kier molecular flexibility index (Phi) is 5.43. The second kappa shape index (κ2) is 7.09. The first kappa shape index (κ1) is 15.3. The van der Waals surface area contributed by atoms with Gasteiger partial charge in [0.05, 0.1) is 11.5 Å². The molecular weight excluding hydrogens is 274 g/mol. The number of nitrogens with one attached hydrogen (secondary N) is 1. The van der Waals surface area contributed by atoms with E-state index in [4.69, 9.17) is 4.74 Å². The van der Waals surface area contributed by atoms with Crippen LogP contribution in [-0.4, -0.2) is 21.6 Å². The van der Waals surface area contributed by atoms with Crippen molar-refractivity contribution in [1.29, 1.82) is 0 Å². The van der Waals surface area contributed by atoms with Gasteiger partial charge in [-0.1, -0.05) is 26.2 Å². The molecule has 1 heterocycles. The summed E-state index contributed by atoms with van der Waals surface area (Å²) in [5, 5.41) is 0. The Labute approximate surface area is 121 Å². The van der Waals surface area contributed by atoms with Crippen molar-refractivity contribution in [3.05, 3.63) is 23.8 Å². The van der Waals surface area contributed by atoms with Gasteiger partial charge in [0.25, 0.3) is 0 Å². The molecule has 5 heteroatoms. The zero-order valence-corrected chi connectivity index (χ0v) is 12.8. The molecule has 0 radical (unpaired) electrons. The van der Waals surface area contributed by atoms with Crippen LogP contribution in [0.1, 0.15) is 44.6 Å². The summed E-state index contributed by atoms with van der Waals surface area (Å²) in [4.78, 5) is 0.345. The molecule has 1 aromatic carbocycles. The highest BCUT2D eigenvalue weighted by Gasteiger charge is 2.17. The van der Waals surface area contributed by atoms with Gasteiger partial charge in [0.15, 0.2) is 0 Å². The molecule has 2 rings (SSSR count). The molecule has 1 N–H and O–H groups in total. The summed E-state index contributed by atoms with van der Waals surface area (Å²) >= 11 is 0. The second-order valence-corrected chi connectivity index (χ2v) is 6.95. The monoisotopic (exact) mass is 297 g/mol. The lowest BCUT2D eigenvalue weighted by Gasteiger charge is -2.18. The molecule has 0 saturated heterocycles. The minimum atomic E-state index is -3.39. The quantitative estimate of drug-likeness (QED) is 0.787. The lowest BCUT2D eigenvalue weighted by Crippen LogP contribution is -2.25. The van der Waals surface area contributed by atoms with Gasteiger partial charge in [0, 0.05) is 6.54 Å². The minimum Gasteiger partial charge on any atom is -0.493 e. The molecule has 112 valence electrons. The summed E-state index contributed by atoms with van der Waals surface area (Å²) in [5.41, 5.74) is 0.991. The van der Waals surface area contributed by atoms with E-state index in [1.54, 1.807) is 18.2 Å². The number of unbranched alkanes of at least 4 members (excludes halogenated alkanes) is 3. The topological polar surface area (TPSA) is 55.4 Å². The Morgan fingerprint density at radius 3 is 2.90 bits per heavy atom. The number of rotatable bonds is 7. The largest absolute Gasteiger partial charge is 0.493 e. The van der Waals surface area contributed by atoms with Gasteiger partial charge in [-0.05, 0) is 43.0 Å². The van der Waals surface area contributed by atoms with Gasteiger partial charge >= 0.3 is 0 Å². The van der Waals surface area contributed by atoms with Gasteiger partial charge in [0.1, 0.15) is 5.75 Å². The Morgan fingerprint density at radius 2 is 2.10 bits per heavy atom. The third-order valence-electron chi connectivity index (χ3n) is 3.51. The molecule has 20 heavy (non-hydrogen) atoms. The normalized spacial score (nSPS) is 14.7. The molecule has 0 amide bonds. The first-order chi connectivity index (χ1) is 9.63. The molecule has 0 bridgehead atoms. The standard InChI is InChI=1S/C15H23NO3S/c1-2-3-4-5-10-16-20(17,18)14-8-9-15-13(12-14)7-6-11-19-15/h8-9,12,16H,2-7,10-11H2,1H3. The van der Waals surface area contributed by atoms with Crippen molar-refractivity contribution in [3.8, 4) is 5.75 Å². The molecule has 0 saturated carbocycles. The van der Waals surface area contributed by atoms with Crippen molar-refractivity contribution in [2.75, 3.05) is 13.2 Å².